The summed E-state index contributed by atoms with van der Waals surface area (Å²) in [4.78, 5) is 19.1. The first kappa shape index (κ1) is 20.5. The quantitative estimate of drug-likeness (QED) is 0.546. The Morgan fingerprint density at radius 3 is 2.52 bits per heavy atom. The molecule has 0 atom stereocenters. The van der Waals surface area contributed by atoms with E-state index in [0.717, 1.165) is 11.1 Å². The molecule has 1 aromatic heterocycles. The fourth-order valence-electron chi connectivity index (χ4n) is 3.05. The highest BCUT2D eigenvalue weighted by Gasteiger charge is 2.20. The molecule has 0 bridgehead atoms. The summed E-state index contributed by atoms with van der Waals surface area (Å²) >= 11 is 0. The van der Waals surface area contributed by atoms with E-state index in [0.29, 0.717) is 23.8 Å². The molecule has 5 heteroatoms. The van der Waals surface area contributed by atoms with Crippen LogP contribution in [0.2, 0.25) is 0 Å². The van der Waals surface area contributed by atoms with E-state index in [1.807, 2.05) is 55.5 Å². The third kappa shape index (κ3) is 4.99. The van der Waals surface area contributed by atoms with Gasteiger partial charge in [0.2, 0.25) is 11.7 Å². The fourth-order valence-corrected chi connectivity index (χ4v) is 3.05. The fraction of sp³-hybridized carbons (Fsp3) is 0.292. The summed E-state index contributed by atoms with van der Waals surface area (Å²) in [5, 5.41) is 4.06. The van der Waals surface area contributed by atoms with Crippen molar-refractivity contribution in [1.29, 1.82) is 0 Å². The van der Waals surface area contributed by atoms with Crippen LogP contribution >= 0.6 is 0 Å². The third-order valence-electron chi connectivity index (χ3n) is 4.71. The first-order valence-electron chi connectivity index (χ1n) is 9.68. The predicted octanol–water partition coefficient (Wildman–Crippen LogP) is 5.17. The zero-order valence-corrected chi connectivity index (χ0v) is 17.5. The van der Waals surface area contributed by atoms with Crippen LogP contribution < -0.4 is 0 Å². The predicted molar refractivity (Wildman–Crippen MR) is 115 cm³/mol. The van der Waals surface area contributed by atoms with Crippen LogP contribution in [0.4, 0.5) is 0 Å². The van der Waals surface area contributed by atoms with E-state index in [2.05, 4.69) is 37.5 Å². The van der Waals surface area contributed by atoms with Gasteiger partial charge in [-0.15, -0.1) is 6.58 Å². The Balaban J connectivity index is 1.78. The van der Waals surface area contributed by atoms with Gasteiger partial charge in [-0.2, -0.15) is 4.98 Å². The first-order valence-corrected chi connectivity index (χ1v) is 9.68. The van der Waals surface area contributed by atoms with Gasteiger partial charge < -0.3 is 9.42 Å². The molecule has 0 saturated heterocycles. The molecule has 0 aliphatic carbocycles. The molecule has 0 radical (unpaired) electrons. The summed E-state index contributed by atoms with van der Waals surface area (Å²) in [6, 6.07) is 15.6. The number of amides is 1. The number of carbonyl (C=O) groups is 1. The summed E-state index contributed by atoms with van der Waals surface area (Å²) < 4.78 is 5.40. The Morgan fingerprint density at radius 2 is 1.90 bits per heavy atom. The third-order valence-corrected chi connectivity index (χ3v) is 4.71. The maximum Gasteiger partial charge on any atom is 0.254 e. The zero-order valence-electron chi connectivity index (χ0n) is 17.5. The van der Waals surface area contributed by atoms with Crippen molar-refractivity contribution in [2.75, 3.05) is 6.54 Å². The summed E-state index contributed by atoms with van der Waals surface area (Å²) in [5.41, 5.74) is 3.86. The molecule has 3 rings (SSSR count). The highest BCUT2D eigenvalue weighted by Crippen LogP contribution is 2.23. The summed E-state index contributed by atoms with van der Waals surface area (Å²) in [6.07, 6.45) is 1.69. The Morgan fingerprint density at radius 1 is 1.17 bits per heavy atom. The van der Waals surface area contributed by atoms with Gasteiger partial charge in [0, 0.05) is 17.7 Å². The molecule has 0 N–H and O–H groups in total. The Labute approximate surface area is 172 Å². The average Bonchev–Trinajstić information content (AvgIpc) is 3.15. The van der Waals surface area contributed by atoms with Gasteiger partial charge in [0.1, 0.15) is 6.54 Å². The minimum Gasteiger partial charge on any atom is -0.337 e. The van der Waals surface area contributed by atoms with Gasteiger partial charge in [0.05, 0.1) is 0 Å². The Kier molecular flexibility index (Phi) is 5.97. The second-order valence-corrected chi connectivity index (χ2v) is 8.18. The molecule has 0 spiro atoms. The average molecular weight is 389 g/mol. The highest BCUT2D eigenvalue weighted by molar-refractivity contribution is 5.94. The number of nitrogens with zero attached hydrogens (tertiary/aromatic N) is 3. The number of aromatic nitrogens is 2. The van der Waals surface area contributed by atoms with E-state index in [1.165, 1.54) is 5.56 Å². The summed E-state index contributed by atoms with van der Waals surface area (Å²) in [6.45, 7) is 12.8. The second-order valence-electron chi connectivity index (χ2n) is 8.18. The van der Waals surface area contributed by atoms with Crippen LogP contribution in [0.5, 0.6) is 0 Å². The molecule has 0 saturated carbocycles. The van der Waals surface area contributed by atoms with Gasteiger partial charge in [-0.05, 0) is 36.1 Å². The van der Waals surface area contributed by atoms with Crippen LogP contribution in [0, 0.1) is 6.92 Å². The summed E-state index contributed by atoms with van der Waals surface area (Å²) in [7, 11) is 0. The number of aryl methyl sites for hydroxylation is 1. The Bertz CT molecular complexity index is 997. The topological polar surface area (TPSA) is 59.2 Å². The van der Waals surface area contributed by atoms with Gasteiger partial charge in [-0.25, -0.2) is 0 Å². The standard InChI is InChI=1S/C24H27N3O2/c1-6-14-27(23(28)18-10-12-20(13-11-18)24(3,4)5)16-21-25-22(26-29-21)19-9-7-8-17(2)15-19/h6-13,15H,1,14,16H2,2-5H3. The molecule has 0 aliphatic heterocycles. The highest BCUT2D eigenvalue weighted by atomic mass is 16.5. The molecule has 0 aliphatic rings. The van der Waals surface area contributed by atoms with Crippen LogP contribution in [0.3, 0.4) is 0 Å². The number of carbonyl (C=O) groups excluding carboxylic acids is 1. The number of hydrogen-bond donors (Lipinski definition) is 0. The molecule has 0 unspecified atom stereocenters. The van der Waals surface area contributed by atoms with Crippen molar-refractivity contribution in [3.05, 3.63) is 83.8 Å². The number of rotatable bonds is 6. The lowest BCUT2D eigenvalue weighted by atomic mass is 9.86. The van der Waals surface area contributed by atoms with Gasteiger partial charge in [-0.1, -0.05) is 67.9 Å². The van der Waals surface area contributed by atoms with E-state index < -0.39 is 0 Å². The minimum atomic E-state index is -0.0966. The Hall–Kier alpha value is -3.21. The molecule has 2 aromatic carbocycles. The molecule has 29 heavy (non-hydrogen) atoms. The maximum absolute atomic E-state index is 13.0. The zero-order chi connectivity index (χ0) is 21.0. The molecular formula is C24H27N3O2. The van der Waals surface area contributed by atoms with E-state index in [9.17, 15) is 4.79 Å². The van der Waals surface area contributed by atoms with Gasteiger partial charge in [0.15, 0.2) is 0 Å². The molecule has 1 amide bonds. The largest absolute Gasteiger partial charge is 0.337 e. The lowest BCUT2D eigenvalue weighted by Crippen LogP contribution is -2.31. The van der Waals surface area contributed by atoms with Crippen LogP contribution in [0.25, 0.3) is 11.4 Å². The van der Waals surface area contributed by atoms with Gasteiger partial charge in [-0.3, -0.25) is 4.79 Å². The van der Waals surface area contributed by atoms with Crippen molar-refractivity contribution in [2.24, 2.45) is 0 Å². The van der Waals surface area contributed by atoms with Crippen molar-refractivity contribution >= 4 is 5.91 Å². The van der Waals surface area contributed by atoms with Crippen LogP contribution in [-0.4, -0.2) is 27.5 Å². The normalized spacial score (nSPS) is 11.3. The molecule has 3 aromatic rings. The van der Waals surface area contributed by atoms with Crippen molar-refractivity contribution < 1.29 is 9.32 Å². The molecule has 1 heterocycles. The molecule has 150 valence electrons. The SMILES string of the molecule is C=CCN(Cc1nc(-c2cccc(C)c2)no1)C(=O)c1ccc(C(C)(C)C)cc1. The first-order chi connectivity index (χ1) is 13.8. The molecular weight excluding hydrogens is 362 g/mol. The van der Waals surface area contributed by atoms with Crippen molar-refractivity contribution in [3.8, 4) is 11.4 Å². The number of benzene rings is 2. The lowest BCUT2D eigenvalue weighted by molar-refractivity contribution is 0.0745. The van der Waals surface area contributed by atoms with Gasteiger partial charge >= 0.3 is 0 Å². The van der Waals surface area contributed by atoms with E-state index in [1.54, 1.807) is 11.0 Å². The van der Waals surface area contributed by atoms with Crippen LogP contribution in [0.15, 0.2) is 65.7 Å². The van der Waals surface area contributed by atoms with Crippen molar-refractivity contribution in [1.82, 2.24) is 15.0 Å². The second kappa shape index (κ2) is 8.43. The van der Waals surface area contributed by atoms with Gasteiger partial charge in [0.25, 0.3) is 5.91 Å². The van der Waals surface area contributed by atoms with Crippen molar-refractivity contribution in [3.63, 3.8) is 0 Å². The van der Waals surface area contributed by atoms with E-state index >= 15 is 0 Å². The maximum atomic E-state index is 13.0. The van der Waals surface area contributed by atoms with Crippen LogP contribution in [-0.2, 0) is 12.0 Å². The smallest absolute Gasteiger partial charge is 0.254 e. The van der Waals surface area contributed by atoms with Crippen LogP contribution in [0.1, 0.15) is 48.1 Å². The number of hydrogen-bond acceptors (Lipinski definition) is 4. The molecule has 0 fully saturated rings. The monoisotopic (exact) mass is 389 g/mol. The van der Waals surface area contributed by atoms with Crippen molar-refractivity contribution in [2.45, 2.75) is 39.7 Å². The molecule has 5 nitrogen and oxygen atoms in total. The van der Waals surface area contributed by atoms with E-state index in [-0.39, 0.29) is 17.9 Å². The van der Waals surface area contributed by atoms with E-state index in [4.69, 9.17) is 4.52 Å². The summed E-state index contributed by atoms with van der Waals surface area (Å²) in [5.74, 6) is 0.813. The minimum absolute atomic E-state index is 0.0400. The lowest BCUT2D eigenvalue weighted by Gasteiger charge is -2.21.